The number of benzene rings is 1. The van der Waals surface area contributed by atoms with Gasteiger partial charge in [-0.15, -0.1) is 0 Å². The van der Waals surface area contributed by atoms with E-state index >= 15 is 0 Å². The number of amides is 1. The Balaban J connectivity index is 2.01. The molecule has 21 heavy (non-hydrogen) atoms. The number of nitrogens with zero attached hydrogens (tertiary/aromatic N) is 2. The maximum atomic E-state index is 12.1. The van der Waals surface area contributed by atoms with E-state index in [1.54, 1.807) is 55.9 Å². The van der Waals surface area contributed by atoms with Crippen molar-refractivity contribution in [1.82, 2.24) is 4.98 Å². The van der Waals surface area contributed by atoms with Crippen LogP contribution >= 0.6 is 0 Å². The molecule has 1 aromatic heterocycles. The van der Waals surface area contributed by atoms with Crippen LogP contribution in [0.1, 0.15) is 5.56 Å². The Labute approximate surface area is 123 Å². The summed E-state index contributed by atoms with van der Waals surface area (Å²) in [6.07, 6.45) is 3.65. The molecular formula is C16H15N3O2. The minimum absolute atomic E-state index is 0.320. The van der Waals surface area contributed by atoms with Crippen LogP contribution < -0.4 is 10.1 Å². The topological polar surface area (TPSA) is 75.0 Å². The molecule has 0 fully saturated rings. The number of nitrogens with one attached hydrogen (secondary N) is 1. The van der Waals surface area contributed by atoms with Crippen LogP contribution in [0.4, 0.5) is 5.69 Å². The van der Waals surface area contributed by atoms with Gasteiger partial charge < -0.3 is 10.1 Å². The van der Waals surface area contributed by atoms with Crippen LogP contribution in [0.25, 0.3) is 0 Å². The van der Waals surface area contributed by atoms with Crippen molar-refractivity contribution >= 4 is 11.6 Å². The summed E-state index contributed by atoms with van der Waals surface area (Å²) >= 11 is 0. The van der Waals surface area contributed by atoms with Crippen molar-refractivity contribution in [3.8, 4) is 11.8 Å². The van der Waals surface area contributed by atoms with E-state index < -0.39 is 5.92 Å². The number of ether oxygens (including phenoxy) is 1. The molecule has 1 heterocycles. The fraction of sp³-hybridized carbons (Fsp3) is 0.188. The number of methoxy groups -OCH3 is 1. The fourth-order valence-corrected chi connectivity index (χ4v) is 1.86. The smallest absolute Gasteiger partial charge is 0.242 e. The quantitative estimate of drug-likeness (QED) is 0.913. The Hall–Kier alpha value is -2.87. The number of hydrogen-bond donors (Lipinski definition) is 1. The van der Waals surface area contributed by atoms with E-state index in [1.165, 1.54) is 0 Å². The summed E-state index contributed by atoms with van der Waals surface area (Å²) in [7, 11) is 1.58. The molecular weight excluding hydrogens is 266 g/mol. The first-order chi connectivity index (χ1) is 10.2. The summed E-state index contributed by atoms with van der Waals surface area (Å²) < 4.78 is 5.05. The number of anilines is 1. The lowest BCUT2D eigenvalue weighted by atomic mass is 10.0. The molecule has 0 bridgehead atoms. The number of aromatic nitrogens is 1. The molecule has 0 radical (unpaired) electrons. The summed E-state index contributed by atoms with van der Waals surface area (Å²) in [5, 5.41) is 11.9. The molecule has 1 atom stereocenters. The van der Waals surface area contributed by atoms with Gasteiger partial charge in [0, 0.05) is 18.1 Å². The maximum Gasteiger partial charge on any atom is 0.242 e. The lowest BCUT2D eigenvalue weighted by molar-refractivity contribution is -0.118. The molecule has 1 aromatic carbocycles. The molecule has 0 aliphatic carbocycles. The van der Waals surface area contributed by atoms with Gasteiger partial charge in [-0.25, -0.2) is 0 Å². The van der Waals surface area contributed by atoms with E-state index in [2.05, 4.69) is 10.3 Å². The first-order valence-electron chi connectivity index (χ1n) is 6.46. The van der Waals surface area contributed by atoms with Crippen LogP contribution in [-0.4, -0.2) is 18.0 Å². The van der Waals surface area contributed by atoms with Gasteiger partial charge in [-0.05, 0) is 48.4 Å². The second-order valence-corrected chi connectivity index (χ2v) is 4.46. The van der Waals surface area contributed by atoms with Crippen molar-refractivity contribution in [3.05, 3.63) is 54.4 Å². The molecule has 2 aromatic rings. The Bertz CT molecular complexity index is 633. The predicted octanol–water partition coefficient (Wildman–Crippen LogP) is 2.41. The van der Waals surface area contributed by atoms with Gasteiger partial charge in [-0.1, -0.05) is 0 Å². The second kappa shape index (κ2) is 7.06. The average Bonchev–Trinajstić information content (AvgIpc) is 2.54. The average molecular weight is 281 g/mol. The third kappa shape index (κ3) is 4.05. The van der Waals surface area contributed by atoms with Crippen LogP contribution in [0.3, 0.4) is 0 Å². The van der Waals surface area contributed by atoms with Crippen LogP contribution in [0, 0.1) is 17.2 Å². The molecule has 0 aliphatic heterocycles. The largest absolute Gasteiger partial charge is 0.497 e. The first kappa shape index (κ1) is 14.5. The van der Waals surface area contributed by atoms with Gasteiger partial charge in [0.15, 0.2) is 0 Å². The van der Waals surface area contributed by atoms with Gasteiger partial charge in [-0.2, -0.15) is 5.26 Å². The predicted molar refractivity (Wildman–Crippen MR) is 78.7 cm³/mol. The monoisotopic (exact) mass is 281 g/mol. The van der Waals surface area contributed by atoms with E-state index in [0.717, 1.165) is 5.56 Å². The van der Waals surface area contributed by atoms with Crippen LogP contribution in [-0.2, 0) is 11.2 Å². The number of carbonyl (C=O) groups excluding carboxylic acids is 1. The summed E-state index contributed by atoms with van der Waals surface area (Å²) in [5.74, 6) is -0.351. The van der Waals surface area contributed by atoms with E-state index in [9.17, 15) is 10.1 Å². The summed E-state index contributed by atoms with van der Waals surface area (Å²) in [4.78, 5) is 16.0. The number of pyridine rings is 1. The molecule has 1 amide bonds. The van der Waals surface area contributed by atoms with Crippen molar-refractivity contribution < 1.29 is 9.53 Å². The highest BCUT2D eigenvalue weighted by atomic mass is 16.5. The number of carbonyl (C=O) groups is 1. The minimum atomic E-state index is -0.741. The standard InChI is InChI=1S/C16H15N3O2/c1-21-15-4-2-14(3-5-15)19-16(20)13(11-17)10-12-6-8-18-9-7-12/h2-9,13H,10H2,1H3,(H,19,20). The Morgan fingerprint density at radius 2 is 1.95 bits per heavy atom. The van der Waals surface area contributed by atoms with Crippen molar-refractivity contribution in [2.45, 2.75) is 6.42 Å². The summed E-state index contributed by atoms with van der Waals surface area (Å²) in [5.41, 5.74) is 1.54. The number of hydrogen-bond acceptors (Lipinski definition) is 4. The number of nitriles is 1. The van der Waals surface area contributed by atoms with E-state index in [-0.39, 0.29) is 5.91 Å². The van der Waals surface area contributed by atoms with Crippen molar-refractivity contribution in [1.29, 1.82) is 5.26 Å². The zero-order chi connectivity index (χ0) is 15.1. The van der Waals surface area contributed by atoms with Crippen LogP contribution in [0.5, 0.6) is 5.75 Å². The molecule has 0 saturated heterocycles. The fourth-order valence-electron chi connectivity index (χ4n) is 1.86. The van der Waals surface area contributed by atoms with Crippen molar-refractivity contribution in [3.63, 3.8) is 0 Å². The van der Waals surface area contributed by atoms with Gasteiger partial charge in [0.05, 0.1) is 13.2 Å². The Kier molecular flexibility index (Phi) is 4.89. The van der Waals surface area contributed by atoms with Gasteiger partial charge in [0.25, 0.3) is 0 Å². The van der Waals surface area contributed by atoms with E-state index in [4.69, 9.17) is 4.74 Å². The lowest BCUT2D eigenvalue weighted by Gasteiger charge is -2.10. The first-order valence-corrected chi connectivity index (χ1v) is 6.46. The molecule has 0 saturated carbocycles. The summed E-state index contributed by atoms with van der Waals surface area (Å²) in [6.45, 7) is 0. The van der Waals surface area contributed by atoms with E-state index in [0.29, 0.717) is 17.9 Å². The summed E-state index contributed by atoms with van der Waals surface area (Å²) in [6, 6.07) is 12.6. The molecule has 0 aliphatic rings. The molecule has 1 unspecified atom stereocenters. The maximum absolute atomic E-state index is 12.1. The van der Waals surface area contributed by atoms with E-state index in [1.807, 2.05) is 6.07 Å². The highest BCUT2D eigenvalue weighted by molar-refractivity contribution is 5.94. The van der Waals surface area contributed by atoms with Crippen LogP contribution in [0.2, 0.25) is 0 Å². The van der Waals surface area contributed by atoms with Crippen molar-refractivity contribution in [2.24, 2.45) is 5.92 Å². The molecule has 2 rings (SSSR count). The molecule has 106 valence electrons. The lowest BCUT2D eigenvalue weighted by Crippen LogP contribution is -2.23. The zero-order valence-corrected chi connectivity index (χ0v) is 11.6. The highest BCUT2D eigenvalue weighted by Crippen LogP contribution is 2.16. The number of rotatable bonds is 5. The molecule has 0 spiro atoms. The molecule has 5 nitrogen and oxygen atoms in total. The normalized spacial score (nSPS) is 11.2. The van der Waals surface area contributed by atoms with Gasteiger partial charge in [0.2, 0.25) is 5.91 Å². The third-order valence-electron chi connectivity index (χ3n) is 3.02. The van der Waals surface area contributed by atoms with Gasteiger partial charge >= 0.3 is 0 Å². The van der Waals surface area contributed by atoms with Crippen LogP contribution in [0.15, 0.2) is 48.8 Å². The van der Waals surface area contributed by atoms with Crippen molar-refractivity contribution in [2.75, 3.05) is 12.4 Å². The Morgan fingerprint density at radius 3 is 2.52 bits per heavy atom. The highest BCUT2D eigenvalue weighted by Gasteiger charge is 2.18. The molecule has 5 heteroatoms. The minimum Gasteiger partial charge on any atom is -0.497 e. The Morgan fingerprint density at radius 1 is 1.29 bits per heavy atom. The third-order valence-corrected chi connectivity index (χ3v) is 3.02. The second-order valence-electron chi connectivity index (χ2n) is 4.46. The van der Waals surface area contributed by atoms with Gasteiger partial charge in [-0.3, -0.25) is 9.78 Å². The zero-order valence-electron chi connectivity index (χ0n) is 11.6. The molecule has 1 N–H and O–H groups in total. The van der Waals surface area contributed by atoms with Gasteiger partial charge in [0.1, 0.15) is 11.7 Å². The SMILES string of the molecule is COc1ccc(NC(=O)C(C#N)Cc2ccncc2)cc1.